The summed E-state index contributed by atoms with van der Waals surface area (Å²) in [6.45, 7) is 3.01. The van der Waals surface area contributed by atoms with Crippen molar-refractivity contribution in [3.63, 3.8) is 0 Å². The van der Waals surface area contributed by atoms with Crippen LogP contribution in [0.1, 0.15) is 43.0 Å². The molecule has 37 heavy (non-hydrogen) atoms. The van der Waals surface area contributed by atoms with Crippen LogP contribution >= 0.6 is 0 Å². The van der Waals surface area contributed by atoms with Crippen LogP contribution in [-0.4, -0.2) is 50.7 Å². The van der Waals surface area contributed by atoms with Crippen LogP contribution in [0.15, 0.2) is 53.2 Å². The quantitative estimate of drug-likeness (QED) is 0.158. The molecule has 0 aliphatic carbocycles. The van der Waals surface area contributed by atoms with E-state index in [0.717, 1.165) is 24.8 Å². The number of imidazole rings is 1. The SMILES string of the molecule is CCCCCC(N)C(=O)Nc1ccc(C(=O)Cn2c(-c3nonc3NCCN)nc3ccccc32)cc1. The lowest BCUT2D eigenvalue weighted by molar-refractivity contribution is -0.117. The maximum absolute atomic E-state index is 13.3. The Morgan fingerprint density at radius 2 is 1.86 bits per heavy atom. The van der Waals surface area contributed by atoms with Gasteiger partial charge in [0.05, 0.1) is 23.6 Å². The van der Waals surface area contributed by atoms with Crippen molar-refractivity contribution in [3.05, 3.63) is 54.1 Å². The number of carbonyl (C=O) groups is 2. The summed E-state index contributed by atoms with van der Waals surface area (Å²) in [7, 11) is 0. The molecule has 0 fully saturated rings. The Morgan fingerprint density at radius 1 is 1.08 bits per heavy atom. The number of hydrogen-bond donors (Lipinski definition) is 4. The van der Waals surface area contributed by atoms with Crippen molar-refractivity contribution in [2.24, 2.45) is 11.5 Å². The molecule has 0 saturated heterocycles. The molecule has 0 aliphatic heterocycles. The van der Waals surface area contributed by atoms with E-state index in [-0.39, 0.29) is 18.2 Å². The number of benzene rings is 2. The van der Waals surface area contributed by atoms with E-state index in [2.05, 4.69) is 32.9 Å². The lowest BCUT2D eigenvalue weighted by Gasteiger charge is -2.12. The zero-order valence-corrected chi connectivity index (χ0v) is 20.8. The number of fused-ring (bicyclic) bond motifs is 1. The lowest BCUT2D eigenvalue weighted by Crippen LogP contribution is -2.35. The average Bonchev–Trinajstić information content (AvgIpc) is 3.52. The summed E-state index contributed by atoms with van der Waals surface area (Å²) in [5.41, 5.74) is 14.6. The fourth-order valence-electron chi connectivity index (χ4n) is 4.01. The first-order valence-electron chi connectivity index (χ1n) is 12.4. The number of aromatic nitrogens is 4. The molecule has 2 aromatic carbocycles. The predicted octanol–water partition coefficient (Wildman–Crippen LogP) is 3.19. The maximum atomic E-state index is 13.3. The van der Waals surface area contributed by atoms with Crippen LogP contribution < -0.4 is 22.1 Å². The van der Waals surface area contributed by atoms with Gasteiger partial charge in [-0.05, 0) is 53.1 Å². The summed E-state index contributed by atoms with van der Waals surface area (Å²) in [6, 6.07) is 13.7. The van der Waals surface area contributed by atoms with Crippen molar-refractivity contribution in [2.75, 3.05) is 23.7 Å². The second-order valence-corrected chi connectivity index (χ2v) is 8.78. The Balaban J connectivity index is 1.51. The number of ketones is 1. The van der Waals surface area contributed by atoms with Crippen LogP contribution in [-0.2, 0) is 11.3 Å². The van der Waals surface area contributed by atoms with Gasteiger partial charge in [-0.2, -0.15) is 0 Å². The number of amides is 1. The van der Waals surface area contributed by atoms with E-state index in [1.807, 2.05) is 24.3 Å². The molecule has 1 unspecified atom stereocenters. The molecule has 2 heterocycles. The van der Waals surface area contributed by atoms with Gasteiger partial charge in [-0.3, -0.25) is 9.59 Å². The smallest absolute Gasteiger partial charge is 0.241 e. The molecule has 11 nitrogen and oxygen atoms in total. The van der Waals surface area contributed by atoms with E-state index in [4.69, 9.17) is 16.1 Å². The molecule has 1 amide bonds. The molecule has 1 atom stereocenters. The largest absolute Gasteiger partial charge is 0.364 e. The van der Waals surface area contributed by atoms with Gasteiger partial charge in [-0.15, -0.1) is 0 Å². The van der Waals surface area contributed by atoms with Gasteiger partial charge >= 0.3 is 0 Å². The van der Waals surface area contributed by atoms with Crippen LogP contribution in [0, 0.1) is 0 Å². The standard InChI is InChI=1S/C26H32N8O3/c1-2-3-4-7-19(28)26(36)30-18-12-10-17(11-13-18)22(35)16-34-21-9-6-5-8-20(21)31-25(34)23-24(29-15-14-27)33-37-32-23/h5-6,8-13,19H,2-4,7,14-16,27-28H2,1H3,(H,29,33)(H,30,36). The second-order valence-electron chi connectivity index (χ2n) is 8.78. The number of para-hydroxylation sites is 2. The Bertz CT molecular complexity index is 1350. The molecule has 4 aromatic rings. The fraction of sp³-hybridized carbons (Fsp3) is 0.346. The number of carbonyl (C=O) groups excluding carboxylic acids is 2. The highest BCUT2D eigenvalue weighted by Gasteiger charge is 2.22. The van der Waals surface area contributed by atoms with E-state index in [9.17, 15) is 9.59 Å². The normalized spacial score (nSPS) is 12.0. The van der Waals surface area contributed by atoms with Crippen molar-refractivity contribution in [1.82, 2.24) is 19.9 Å². The molecular weight excluding hydrogens is 472 g/mol. The number of unbranched alkanes of at least 4 members (excludes halogenated alkanes) is 2. The number of nitrogens with zero attached hydrogens (tertiary/aromatic N) is 4. The first-order chi connectivity index (χ1) is 18.0. The highest BCUT2D eigenvalue weighted by Crippen LogP contribution is 2.28. The molecule has 0 saturated carbocycles. The fourth-order valence-corrected chi connectivity index (χ4v) is 4.01. The maximum Gasteiger partial charge on any atom is 0.241 e. The minimum absolute atomic E-state index is 0.0209. The van der Waals surface area contributed by atoms with Gasteiger partial charge in [0, 0.05) is 24.3 Å². The third kappa shape index (κ3) is 6.19. The minimum atomic E-state index is -0.559. The van der Waals surface area contributed by atoms with E-state index in [1.54, 1.807) is 28.8 Å². The van der Waals surface area contributed by atoms with Gasteiger partial charge < -0.3 is 26.7 Å². The van der Waals surface area contributed by atoms with E-state index in [0.29, 0.717) is 53.6 Å². The van der Waals surface area contributed by atoms with Crippen molar-refractivity contribution in [3.8, 4) is 11.5 Å². The molecule has 194 valence electrons. The highest BCUT2D eigenvalue weighted by atomic mass is 16.6. The van der Waals surface area contributed by atoms with Crippen LogP contribution in [0.25, 0.3) is 22.6 Å². The summed E-state index contributed by atoms with van der Waals surface area (Å²) in [6.07, 6.45) is 3.67. The summed E-state index contributed by atoms with van der Waals surface area (Å²) in [5.74, 6) is 0.496. The van der Waals surface area contributed by atoms with E-state index in [1.165, 1.54) is 0 Å². The summed E-state index contributed by atoms with van der Waals surface area (Å²) >= 11 is 0. The molecule has 4 rings (SSSR count). The summed E-state index contributed by atoms with van der Waals surface area (Å²) in [5, 5.41) is 13.8. The molecule has 11 heteroatoms. The van der Waals surface area contributed by atoms with Crippen LogP contribution in [0.4, 0.5) is 11.5 Å². The third-order valence-electron chi connectivity index (χ3n) is 6.02. The number of rotatable bonds is 13. The first kappa shape index (κ1) is 26.0. The van der Waals surface area contributed by atoms with Gasteiger partial charge in [-0.1, -0.05) is 38.3 Å². The molecular formula is C26H32N8O3. The molecule has 0 aliphatic rings. The van der Waals surface area contributed by atoms with Gasteiger partial charge in [0.2, 0.25) is 11.7 Å². The average molecular weight is 505 g/mol. The van der Waals surface area contributed by atoms with Gasteiger partial charge in [-0.25, -0.2) is 9.61 Å². The minimum Gasteiger partial charge on any atom is -0.364 e. The monoisotopic (exact) mass is 504 g/mol. The number of anilines is 2. The molecule has 2 aromatic heterocycles. The Morgan fingerprint density at radius 3 is 2.62 bits per heavy atom. The molecule has 6 N–H and O–H groups in total. The lowest BCUT2D eigenvalue weighted by atomic mass is 10.1. The van der Waals surface area contributed by atoms with Crippen LogP contribution in [0.2, 0.25) is 0 Å². The summed E-state index contributed by atoms with van der Waals surface area (Å²) < 4.78 is 6.73. The van der Waals surface area contributed by atoms with Crippen molar-refractivity contribution in [1.29, 1.82) is 0 Å². The number of nitrogens with one attached hydrogen (secondary N) is 2. The Kier molecular flexibility index (Phi) is 8.60. The predicted molar refractivity (Wildman–Crippen MR) is 142 cm³/mol. The van der Waals surface area contributed by atoms with Gasteiger partial charge in [0.25, 0.3) is 0 Å². The van der Waals surface area contributed by atoms with Crippen molar-refractivity contribution >= 4 is 34.2 Å². The molecule has 0 bridgehead atoms. The third-order valence-corrected chi connectivity index (χ3v) is 6.02. The second kappa shape index (κ2) is 12.2. The molecule has 0 radical (unpaired) electrons. The zero-order chi connectivity index (χ0) is 26.2. The summed E-state index contributed by atoms with van der Waals surface area (Å²) in [4.78, 5) is 30.3. The van der Waals surface area contributed by atoms with Crippen molar-refractivity contribution in [2.45, 2.75) is 45.2 Å². The highest BCUT2D eigenvalue weighted by molar-refractivity contribution is 5.99. The van der Waals surface area contributed by atoms with E-state index >= 15 is 0 Å². The molecule has 0 spiro atoms. The Hall–Kier alpha value is -4.09. The van der Waals surface area contributed by atoms with E-state index < -0.39 is 6.04 Å². The van der Waals surface area contributed by atoms with Gasteiger partial charge in [0.1, 0.15) is 0 Å². The number of hydrogen-bond acceptors (Lipinski definition) is 9. The number of nitrogens with two attached hydrogens (primary N) is 2. The first-order valence-corrected chi connectivity index (χ1v) is 12.4. The topological polar surface area (TPSA) is 167 Å². The van der Waals surface area contributed by atoms with Crippen LogP contribution in [0.3, 0.4) is 0 Å². The number of Topliss-reactive ketones (excluding diaryl/α,β-unsaturated/α-hetero) is 1. The van der Waals surface area contributed by atoms with Crippen LogP contribution in [0.5, 0.6) is 0 Å². The van der Waals surface area contributed by atoms with Crippen molar-refractivity contribution < 1.29 is 14.2 Å². The Labute approximate surface area is 214 Å². The van der Waals surface area contributed by atoms with Gasteiger partial charge in [0.15, 0.2) is 17.3 Å². The zero-order valence-electron chi connectivity index (χ0n) is 20.8.